The molecule has 3 fully saturated rings. The van der Waals surface area contributed by atoms with Crippen LogP contribution in [0.15, 0.2) is 29.3 Å². The molecule has 0 aromatic heterocycles. The second kappa shape index (κ2) is 5.31. The first-order chi connectivity index (χ1) is 10.7. The molecule has 116 valence electrons. The van der Waals surface area contributed by atoms with Crippen LogP contribution in [0.25, 0.3) is 0 Å². The molecule has 3 nitrogen and oxygen atoms in total. The fourth-order valence-corrected chi connectivity index (χ4v) is 4.21. The van der Waals surface area contributed by atoms with Crippen molar-refractivity contribution >= 4 is 17.5 Å². The van der Waals surface area contributed by atoms with Crippen molar-refractivity contribution in [2.45, 2.75) is 50.6 Å². The zero-order chi connectivity index (χ0) is 15.3. The third kappa shape index (κ3) is 2.32. The summed E-state index contributed by atoms with van der Waals surface area (Å²) >= 11 is 6.08. The molecular formula is C18H20ClNO2. The second-order valence-corrected chi connectivity index (χ2v) is 6.99. The SMILES string of the molecule is COc1ccc(Cl)cc1C(=O)N1C2CCC1CC(=C1CC1)C2. The van der Waals surface area contributed by atoms with Gasteiger partial charge in [0.25, 0.3) is 5.91 Å². The quantitative estimate of drug-likeness (QED) is 0.765. The molecule has 0 N–H and O–H groups in total. The molecule has 0 radical (unpaired) electrons. The lowest BCUT2D eigenvalue weighted by Crippen LogP contribution is -2.44. The molecule has 3 aliphatic rings. The normalized spacial score (nSPS) is 26.4. The monoisotopic (exact) mass is 317 g/mol. The van der Waals surface area contributed by atoms with Gasteiger partial charge in [-0.1, -0.05) is 22.7 Å². The van der Waals surface area contributed by atoms with Crippen LogP contribution in [-0.4, -0.2) is 30.0 Å². The standard InChI is InChI=1S/C18H20ClNO2/c1-22-17-7-4-13(19)10-16(17)18(21)20-14-5-6-15(20)9-12(8-14)11-2-3-11/h4,7,10,14-15H,2-3,5-6,8-9H2,1H3. The lowest BCUT2D eigenvalue weighted by atomic mass is 9.95. The Kier molecular flexibility index (Phi) is 3.41. The molecule has 2 atom stereocenters. The second-order valence-electron chi connectivity index (χ2n) is 6.56. The summed E-state index contributed by atoms with van der Waals surface area (Å²) in [6, 6.07) is 5.99. The highest BCUT2D eigenvalue weighted by molar-refractivity contribution is 6.31. The van der Waals surface area contributed by atoms with Gasteiger partial charge in [0, 0.05) is 17.1 Å². The van der Waals surface area contributed by atoms with Crippen LogP contribution in [0.1, 0.15) is 48.9 Å². The molecule has 1 aliphatic carbocycles. The van der Waals surface area contributed by atoms with E-state index in [9.17, 15) is 4.79 Å². The van der Waals surface area contributed by atoms with Crippen LogP contribution in [0, 0.1) is 0 Å². The first-order valence-electron chi connectivity index (χ1n) is 8.03. The van der Waals surface area contributed by atoms with Gasteiger partial charge >= 0.3 is 0 Å². The molecule has 1 aromatic rings. The summed E-state index contributed by atoms with van der Waals surface area (Å²) in [5, 5.41) is 0.578. The number of carbonyl (C=O) groups excluding carboxylic acids is 1. The average molecular weight is 318 g/mol. The number of methoxy groups -OCH3 is 1. The first kappa shape index (κ1) is 14.1. The summed E-state index contributed by atoms with van der Waals surface area (Å²) in [6.45, 7) is 0. The van der Waals surface area contributed by atoms with Crippen molar-refractivity contribution in [3.63, 3.8) is 0 Å². The van der Waals surface area contributed by atoms with Crippen LogP contribution in [0.4, 0.5) is 0 Å². The fraction of sp³-hybridized carbons (Fsp3) is 0.500. The highest BCUT2D eigenvalue weighted by Crippen LogP contribution is 2.45. The number of ether oxygens (including phenoxy) is 1. The van der Waals surface area contributed by atoms with Crippen LogP contribution in [0.5, 0.6) is 5.75 Å². The smallest absolute Gasteiger partial charge is 0.258 e. The van der Waals surface area contributed by atoms with Gasteiger partial charge in [-0.05, 0) is 56.7 Å². The predicted molar refractivity (Wildman–Crippen MR) is 86.5 cm³/mol. The highest BCUT2D eigenvalue weighted by atomic mass is 35.5. The summed E-state index contributed by atoms with van der Waals surface area (Å²) in [5.41, 5.74) is 3.88. The van der Waals surface area contributed by atoms with Crippen molar-refractivity contribution in [2.75, 3.05) is 7.11 Å². The number of amides is 1. The topological polar surface area (TPSA) is 29.5 Å². The number of hydrogen-bond donors (Lipinski definition) is 0. The Morgan fingerprint density at radius 3 is 2.45 bits per heavy atom. The third-order valence-electron chi connectivity index (χ3n) is 5.21. The molecule has 1 amide bonds. The molecule has 2 aliphatic heterocycles. The average Bonchev–Trinajstić information content (AvgIpc) is 3.32. The summed E-state index contributed by atoms with van der Waals surface area (Å²) in [7, 11) is 1.60. The first-order valence-corrected chi connectivity index (χ1v) is 8.41. The van der Waals surface area contributed by atoms with Crippen LogP contribution in [-0.2, 0) is 0 Å². The van der Waals surface area contributed by atoms with Crippen LogP contribution < -0.4 is 4.74 Å². The lowest BCUT2D eigenvalue weighted by molar-refractivity contribution is 0.0631. The maximum Gasteiger partial charge on any atom is 0.258 e. The number of rotatable bonds is 2. The summed E-state index contributed by atoms with van der Waals surface area (Å²) in [6.07, 6.45) is 6.95. The van der Waals surface area contributed by atoms with E-state index >= 15 is 0 Å². The minimum atomic E-state index is 0.0756. The van der Waals surface area contributed by atoms with Gasteiger partial charge in [-0.3, -0.25) is 4.79 Å². The van der Waals surface area contributed by atoms with Gasteiger partial charge < -0.3 is 9.64 Å². The highest BCUT2D eigenvalue weighted by Gasteiger charge is 2.43. The van der Waals surface area contributed by atoms with Crippen molar-refractivity contribution in [2.24, 2.45) is 0 Å². The molecule has 2 saturated heterocycles. The molecule has 2 unspecified atom stereocenters. The molecule has 1 saturated carbocycles. The molecule has 0 spiro atoms. The molecule has 4 rings (SSSR count). The van der Waals surface area contributed by atoms with Crippen LogP contribution in [0.2, 0.25) is 5.02 Å². The van der Waals surface area contributed by atoms with Crippen molar-refractivity contribution in [3.8, 4) is 5.75 Å². The Labute approximate surface area is 135 Å². The fourth-order valence-electron chi connectivity index (χ4n) is 4.04. The van der Waals surface area contributed by atoms with E-state index in [0.717, 1.165) is 25.7 Å². The minimum absolute atomic E-state index is 0.0756. The molecule has 22 heavy (non-hydrogen) atoms. The van der Waals surface area contributed by atoms with Gasteiger partial charge in [0.1, 0.15) is 5.75 Å². The van der Waals surface area contributed by atoms with E-state index in [1.54, 1.807) is 36.5 Å². The van der Waals surface area contributed by atoms with Gasteiger partial charge in [-0.15, -0.1) is 0 Å². The number of piperidine rings is 1. The number of benzene rings is 1. The lowest BCUT2D eigenvalue weighted by Gasteiger charge is -2.36. The van der Waals surface area contributed by atoms with Crippen LogP contribution in [0.3, 0.4) is 0 Å². The van der Waals surface area contributed by atoms with Gasteiger partial charge in [0.05, 0.1) is 12.7 Å². The Bertz CT molecular complexity index is 645. The number of nitrogens with zero attached hydrogens (tertiary/aromatic N) is 1. The number of fused-ring (bicyclic) bond motifs is 2. The van der Waals surface area contributed by atoms with E-state index < -0.39 is 0 Å². The van der Waals surface area contributed by atoms with Crippen molar-refractivity contribution in [3.05, 3.63) is 39.9 Å². The molecule has 2 bridgehead atoms. The zero-order valence-corrected chi connectivity index (χ0v) is 13.5. The molecule has 4 heteroatoms. The Balaban J connectivity index is 1.64. The number of halogens is 1. The van der Waals surface area contributed by atoms with Gasteiger partial charge in [-0.25, -0.2) is 0 Å². The van der Waals surface area contributed by atoms with Gasteiger partial charge in [0.2, 0.25) is 0 Å². The zero-order valence-electron chi connectivity index (χ0n) is 12.8. The van der Waals surface area contributed by atoms with E-state index in [-0.39, 0.29) is 5.91 Å². The maximum absolute atomic E-state index is 13.1. The van der Waals surface area contributed by atoms with E-state index in [2.05, 4.69) is 4.90 Å². The summed E-state index contributed by atoms with van der Waals surface area (Å²) < 4.78 is 5.36. The minimum Gasteiger partial charge on any atom is -0.496 e. The van der Waals surface area contributed by atoms with Crippen molar-refractivity contribution in [1.82, 2.24) is 4.90 Å². The van der Waals surface area contributed by atoms with Crippen molar-refractivity contribution in [1.29, 1.82) is 0 Å². The van der Waals surface area contributed by atoms with E-state index in [1.165, 1.54) is 12.8 Å². The third-order valence-corrected chi connectivity index (χ3v) is 5.45. The van der Waals surface area contributed by atoms with Gasteiger partial charge in [-0.2, -0.15) is 0 Å². The van der Waals surface area contributed by atoms with E-state index in [0.29, 0.717) is 28.4 Å². The van der Waals surface area contributed by atoms with E-state index in [4.69, 9.17) is 16.3 Å². The maximum atomic E-state index is 13.1. The molecular weight excluding hydrogens is 298 g/mol. The largest absolute Gasteiger partial charge is 0.496 e. The Morgan fingerprint density at radius 1 is 1.18 bits per heavy atom. The summed E-state index contributed by atoms with van der Waals surface area (Å²) in [5.74, 6) is 0.687. The van der Waals surface area contributed by atoms with Gasteiger partial charge in [0.15, 0.2) is 0 Å². The number of allylic oxidation sites excluding steroid dienone is 1. The molecule has 1 aromatic carbocycles. The number of hydrogen-bond acceptors (Lipinski definition) is 2. The molecule has 2 heterocycles. The summed E-state index contributed by atoms with van der Waals surface area (Å²) in [4.78, 5) is 15.2. The predicted octanol–water partition coefficient (Wildman–Crippen LogP) is 4.21. The van der Waals surface area contributed by atoms with Crippen LogP contribution >= 0.6 is 11.6 Å². The van der Waals surface area contributed by atoms with Crippen molar-refractivity contribution < 1.29 is 9.53 Å². The Hall–Kier alpha value is -1.48. The number of carbonyl (C=O) groups is 1. The Morgan fingerprint density at radius 2 is 1.86 bits per heavy atom. The van der Waals surface area contributed by atoms with E-state index in [1.807, 2.05) is 0 Å².